The number of nitrogens with two attached hydrogens (primary N) is 1. The van der Waals surface area contributed by atoms with Crippen molar-refractivity contribution in [1.29, 1.82) is 0 Å². The van der Waals surface area contributed by atoms with Gasteiger partial charge in [0.15, 0.2) is 0 Å². The van der Waals surface area contributed by atoms with Gasteiger partial charge in [-0.3, -0.25) is 4.79 Å². The standard InChI is InChI=1S/C8H16N2O2/c1-2-7(9)8(11)10-3-5-12-6-4-10/h7H,2-6,9H2,1H3/t7-/m0/s1. The summed E-state index contributed by atoms with van der Waals surface area (Å²) < 4.78 is 5.13. The maximum absolute atomic E-state index is 11.5. The third-order valence-corrected chi connectivity index (χ3v) is 2.08. The van der Waals surface area contributed by atoms with Gasteiger partial charge in [-0.2, -0.15) is 0 Å². The van der Waals surface area contributed by atoms with Crippen molar-refractivity contribution >= 4 is 5.91 Å². The van der Waals surface area contributed by atoms with Crippen molar-refractivity contribution in [2.45, 2.75) is 19.4 Å². The number of nitrogens with zero attached hydrogens (tertiary/aromatic N) is 1. The molecule has 0 spiro atoms. The lowest BCUT2D eigenvalue weighted by Gasteiger charge is -2.28. The number of morpholine rings is 1. The molecule has 12 heavy (non-hydrogen) atoms. The molecule has 0 unspecified atom stereocenters. The van der Waals surface area contributed by atoms with E-state index in [-0.39, 0.29) is 11.9 Å². The zero-order valence-electron chi connectivity index (χ0n) is 7.45. The highest BCUT2D eigenvalue weighted by molar-refractivity contribution is 5.81. The van der Waals surface area contributed by atoms with Gasteiger partial charge < -0.3 is 15.4 Å². The molecule has 0 aromatic rings. The summed E-state index contributed by atoms with van der Waals surface area (Å²) in [5.41, 5.74) is 5.62. The summed E-state index contributed by atoms with van der Waals surface area (Å²) in [6, 6.07) is -0.330. The van der Waals surface area contributed by atoms with Crippen molar-refractivity contribution in [2.24, 2.45) is 5.73 Å². The summed E-state index contributed by atoms with van der Waals surface area (Å²) in [5.74, 6) is 0.0563. The van der Waals surface area contributed by atoms with Crippen molar-refractivity contribution in [3.63, 3.8) is 0 Å². The number of rotatable bonds is 2. The summed E-state index contributed by atoms with van der Waals surface area (Å²) in [6.45, 7) is 4.58. The van der Waals surface area contributed by atoms with Crippen LogP contribution in [0.15, 0.2) is 0 Å². The Morgan fingerprint density at radius 3 is 2.67 bits per heavy atom. The van der Waals surface area contributed by atoms with E-state index in [0.29, 0.717) is 32.7 Å². The Bertz CT molecular complexity index is 155. The molecule has 1 atom stereocenters. The maximum atomic E-state index is 11.5. The molecule has 0 aliphatic carbocycles. The van der Waals surface area contributed by atoms with Gasteiger partial charge >= 0.3 is 0 Å². The van der Waals surface area contributed by atoms with E-state index in [2.05, 4.69) is 0 Å². The van der Waals surface area contributed by atoms with E-state index >= 15 is 0 Å². The second-order valence-corrected chi connectivity index (χ2v) is 2.95. The molecule has 1 amide bonds. The van der Waals surface area contributed by atoms with Crippen LogP contribution in [0, 0.1) is 0 Å². The van der Waals surface area contributed by atoms with Crippen molar-refractivity contribution in [2.75, 3.05) is 26.3 Å². The van der Waals surface area contributed by atoms with Crippen molar-refractivity contribution in [3.8, 4) is 0 Å². The van der Waals surface area contributed by atoms with Crippen LogP contribution in [-0.4, -0.2) is 43.2 Å². The van der Waals surface area contributed by atoms with E-state index in [4.69, 9.17) is 10.5 Å². The molecule has 0 bridgehead atoms. The largest absolute Gasteiger partial charge is 0.378 e. The third-order valence-electron chi connectivity index (χ3n) is 2.08. The van der Waals surface area contributed by atoms with Crippen LogP contribution in [0.4, 0.5) is 0 Å². The van der Waals surface area contributed by atoms with Crippen LogP contribution in [0.25, 0.3) is 0 Å². The summed E-state index contributed by atoms with van der Waals surface area (Å²) in [5, 5.41) is 0. The Balaban J connectivity index is 2.39. The van der Waals surface area contributed by atoms with Crippen LogP contribution in [0.2, 0.25) is 0 Å². The molecule has 2 N–H and O–H groups in total. The van der Waals surface area contributed by atoms with Crippen molar-refractivity contribution in [1.82, 2.24) is 4.90 Å². The number of hydrogen-bond acceptors (Lipinski definition) is 3. The highest BCUT2D eigenvalue weighted by atomic mass is 16.5. The normalized spacial score (nSPS) is 20.7. The molecule has 0 saturated carbocycles. The number of carbonyl (C=O) groups excluding carboxylic acids is 1. The molecular weight excluding hydrogens is 156 g/mol. The zero-order valence-corrected chi connectivity index (χ0v) is 7.45. The van der Waals surface area contributed by atoms with Gasteiger partial charge in [-0.1, -0.05) is 6.92 Å². The first-order valence-electron chi connectivity index (χ1n) is 4.37. The Hall–Kier alpha value is -0.610. The Labute approximate surface area is 72.7 Å². The minimum atomic E-state index is -0.330. The zero-order chi connectivity index (χ0) is 8.97. The van der Waals surface area contributed by atoms with E-state index in [1.54, 1.807) is 4.90 Å². The first kappa shape index (κ1) is 9.48. The van der Waals surface area contributed by atoms with E-state index in [1.807, 2.05) is 6.92 Å². The highest BCUT2D eigenvalue weighted by Crippen LogP contribution is 2.00. The SMILES string of the molecule is CC[C@H](N)C(=O)N1CCOCC1. The molecule has 1 aliphatic rings. The topological polar surface area (TPSA) is 55.6 Å². The number of amides is 1. The van der Waals surface area contributed by atoms with Gasteiger partial charge in [-0.05, 0) is 6.42 Å². The summed E-state index contributed by atoms with van der Waals surface area (Å²) >= 11 is 0. The maximum Gasteiger partial charge on any atom is 0.239 e. The molecule has 70 valence electrons. The predicted molar refractivity (Wildman–Crippen MR) is 45.7 cm³/mol. The van der Waals surface area contributed by atoms with Crippen molar-refractivity contribution < 1.29 is 9.53 Å². The molecule has 4 heteroatoms. The molecule has 0 radical (unpaired) electrons. The molecule has 1 heterocycles. The first-order chi connectivity index (χ1) is 5.75. The molecule has 1 fully saturated rings. The summed E-state index contributed by atoms with van der Waals surface area (Å²) in [4.78, 5) is 13.2. The fraction of sp³-hybridized carbons (Fsp3) is 0.875. The monoisotopic (exact) mass is 172 g/mol. The molecule has 0 aromatic heterocycles. The van der Waals surface area contributed by atoms with Crippen LogP contribution in [0.3, 0.4) is 0 Å². The lowest BCUT2D eigenvalue weighted by molar-refractivity contribution is -0.136. The Morgan fingerprint density at radius 2 is 2.17 bits per heavy atom. The lowest BCUT2D eigenvalue weighted by Crippen LogP contribution is -2.48. The number of hydrogen-bond donors (Lipinski definition) is 1. The quantitative estimate of drug-likeness (QED) is 0.615. The predicted octanol–water partition coefficient (Wildman–Crippen LogP) is -0.417. The van der Waals surface area contributed by atoms with E-state index in [9.17, 15) is 4.79 Å². The van der Waals surface area contributed by atoms with E-state index in [0.717, 1.165) is 0 Å². The van der Waals surface area contributed by atoms with Gasteiger partial charge in [0.1, 0.15) is 0 Å². The average Bonchev–Trinajstić information content (AvgIpc) is 2.17. The van der Waals surface area contributed by atoms with Crippen LogP contribution in [-0.2, 0) is 9.53 Å². The van der Waals surface area contributed by atoms with E-state index in [1.165, 1.54) is 0 Å². The third kappa shape index (κ3) is 2.19. The van der Waals surface area contributed by atoms with Crippen LogP contribution in [0.5, 0.6) is 0 Å². The van der Waals surface area contributed by atoms with Crippen LogP contribution >= 0.6 is 0 Å². The average molecular weight is 172 g/mol. The Morgan fingerprint density at radius 1 is 1.58 bits per heavy atom. The molecule has 1 aliphatic heterocycles. The minimum absolute atomic E-state index is 0.0563. The second kappa shape index (κ2) is 4.42. The fourth-order valence-corrected chi connectivity index (χ4v) is 1.19. The molecule has 0 aromatic carbocycles. The van der Waals surface area contributed by atoms with E-state index < -0.39 is 0 Å². The first-order valence-corrected chi connectivity index (χ1v) is 4.37. The highest BCUT2D eigenvalue weighted by Gasteiger charge is 2.20. The molecule has 1 saturated heterocycles. The van der Waals surface area contributed by atoms with Crippen LogP contribution < -0.4 is 5.73 Å². The fourth-order valence-electron chi connectivity index (χ4n) is 1.19. The summed E-state index contributed by atoms with van der Waals surface area (Å²) in [6.07, 6.45) is 0.705. The second-order valence-electron chi connectivity index (χ2n) is 2.95. The smallest absolute Gasteiger partial charge is 0.239 e. The van der Waals surface area contributed by atoms with Gasteiger partial charge in [0.25, 0.3) is 0 Å². The number of carbonyl (C=O) groups is 1. The van der Waals surface area contributed by atoms with Gasteiger partial charge in [-0.25, -0.2) is 0 Å². The summed E-state index contributed by atoms with van der Waals surface area (Å²) in [7, 11) is 0. The lowest BCUT2D eigenvalue weighted by atomic mass is 10.2. The van der Waals surface area contributed by atoms with Gasteiger partial charge in [0.2, 0.25) is 5.91 Å². The van der Waals surface area contributed by atoms with Gasteiger partial charge in [0, 0.05) is 13.1 Å². The molecular formula is C8H16N2O2. The van der Waals surface area contributed by atoms with Crippen LogP contribution in [0.1, 0.15) is 13.3 Å². The molecule has 1 rings (SSSR count). The molecule has 4 nitrogen and oxygen atoms in total. The van der Waals surface area contributed by atoms with Gasteiger partial charge in [0.05, 0.1) is 19.3 Å². The van der Waals surface area contributed by atoms with Gasteiger partial charge in [-0.15, -0.1) is 0 Å². The van der Waals surface area contributed by atoms with Crippen molar-refractivity contribution in [3.05, 3.63) is 0 Å². The number of ether oxygens (including phenoxy) is 1. The minimum Gasteiger partial charge on any atom is -0.378 e. The Kier molecular flexibility index (Phi) is 3.49.